The van der Waals surface area contributed by atoms with Crippen LogP contribution in [0, 0.1) is 11.8 Å². The Hall–Kier alpha value is -2.17. The second kappa shape index (κ2) is 10.6. The maximum absolute atomic E-state index is 12.7. The normalized spacial score (nSPS) is 22.6. The van der Waals surface area contributed by atoms with Crippen LogP contribution in [0.1, 0.15) is 69.8 Å². The smallest absolute Gasteiger partial charge is 0.222 e. The van der Waals surface area contributed by atoms with E-state index in [9.17, 15) is 14.4 Å². The first kappa shape index (κ1) is 21.5. The maximum Gasteiger partial charge on any atom is 0.222 e. The summed E-state index contributed by atoms with van der Waals surface area (Å²) in [4.78, 5) is 39.0. The van der Waals surface area contributed by atoms with Gasteiger partial charge in [-0.3, -0.25) is 14.4 Å². The molecule has 2 fully saturated rings. The van der Waals surface area contributed by atoms with E-state index in [1.54, 1.807) is 0 Å². The largest absolute Gasteiger partial charge is 0.369 e. The lowest BCUT2D eigenvalue weighted by molar-refractivity contribution is -0.137. The highest BCUT2D eigenvalue weighted by atomic mass is 16.2. The number of carbonyl (C=O) groups is 3. The van der Waals surface area contributed by atoms with Crippen LogP contribution in [-0.4, -0.2) is 35.1 Å². The molecule has 1 aromatic rings. The van der Waals surface area contributed by atoms with Gasteiger partial charge in [-0.15, -0.1) is 0 Å². The molecular formula is C24H34N2O3. The van der Waals surface area contributed by atoms with Gasteiger partial charge in [-0.2, -0.15) is 0 Å². The van der Waals surface area contributed by atoms with Crippen molar-refractivity contribution in [2.24, 2.45) is 17.6 Å². The van der Waals surface area contributed by atoms with Crippen LogP contribution in [0.2, 0.25) is 0 Å². The standard InChI is InChI=1S/C24H34N2O3/c25-24(29)20(16-18-8-2-1-3-9-18)17-21(27)12-6-14-23(28)26-15-7-11-19-10-4-5-13-22(19)26/h1-3,8-9,19-20,22H,4-7,10-17H2,(H2,25,29). The molecule has 3 atom stereocenters. The number of ketones is 1. The minimum Gasteiger partial charge on any atom is -0.369 e. The molecule has 2 aliphatic rings. The van der Waals surface area contributed by atoms with Gasteiger partial charge >= 0.3 is 0 Å². The lowest BCUT2D eigenvalue weighted by atomic mass is 9.78. The van der Waals surface area contributed by atoms with Crippen LogP contribution < -0.4 is 5.73 Å². The molecule has 3 rings (SSSR count). The zero-order valence-electron chi connectivity index (χ0n) is 17.4. The Balaban J connectivity index is 1.43. The Bertz CT molecular complexity index is 701. The Morgan fingerprint density at radius 3 is 2.48 bits per heavy atom. The second-order valence-electron chi connectivity index (χ2n) is 8.73. The van der Waals surface area contributed by atoms with E-state index in [2.05, 4.69) is 4.90 Å². The second-order valence-corrected chi connectivity index (χ2v) is 8.73. The van der Waals surface area contributed by atoms with Gasteiger partial charge in [0.05, 0.1) is 0 Å². The molecule has 0 radical (unpaired) electrons. The first-order valence-electron chi connectivity index (χ1n) is 11.2. The number of nitrogens with zero attached hydrogens (tertiary/aromatic N) is 1. The number of nitrogens with two attached hydrogens (primary N) is 1. The van der Waals surface area contributed by atoms with Crippen molar-refractivity contribution >= 4 is 17.6 Å². The zero-order valence-corrected chi connectivity index (χ0v) is 17.4. The number of hydrogen-bond acceptors (Lipinski definition) is 3. The molecule has 1 aliphatic heterocycles. The summed E-state index contributed by atoms with van der Waals surface area (Å²) in [5.74, 6) is -0.0186. The fourth-order valence-electron chi connectivity index (χ4n) is 5.06. The average molecular weight is 399 g/mol. The van der Waals surface area contributed by atoms with Gasteiger partial charge in [0.1, 0.15) is 5.78 Å². The fourth-order valence-corrected chi connectivity index (χ4v) is 5.06. The third kappa shape index (κ3) is 6.15. The molecule has 158 valence electrons. The third-order valence-corrected chi connectivity index (χ3v) is 6.61. The molecule has 1 heterocycles. The third-order valence-electron chi connectivity index (χ3n) is 6.61. The number of primary amides is 1. The molecule has 0 aromatic heterocycles. The summed E-state index contributed by atoms with van der Waals surface area (Å²) in [6.07, 6.45) is 9.22. The molecule has 5 nitrogen and oxygen atoms in total. The summed E-state index contributed by atoms with van der Waals surface area (Å²) in [6.45, 7) is 0.870. The number of Topliss-reactive ketones (excluding diaryl/α,β-unsaturated/α-hetero) is 1. The summed E-state index contributed by atoms with van der Waals surface area (Å²) in [7, 11) is 0. The molecule has 1 saturated heterocycles. The van der Waals surface area contributed by atoms with E-state index < -0.39 is 11.8 Å². The first-order chi connectivity index (χ1) is 14.0. The molecular weight excluding hydrogens is 364 g/mol. The van der Waals surface area contributed by atoms with Crippen molar-refractivity contribution in [2.45, 2.75) is 76.7 Å². The number of benzene rings is 1. The number of carbonyl (C=O) groups excluding carboxylic acids is 3. The molecule has 2 amide bonds. The number of amides is 2. The van der Waals surface area contributed by atoms with Gasteiger partial charge in [0.15, 0.2) is 0 Å². The van der Waals surface area contributed by atoms with Gasteiger partial charge in [0.2, 0.25) is 11.8 Å². The predicted molar refractivity (Wildman–Crippen MR) is 113 cm³/mol. The number of rotatable bonds is 9. The van der Waals surface area contributed by atoms with Crippen molar-refractivity contribution in [3.63, 3.8) is 0 Å². The van der Waals surface area contributed by atoms with Crippen molar-refractivity contribution in [3.8, 4) is 0 Å². The van der Waals surface area contributed by atoms with Gasteiger partial charge in [0.25, 0.3) is 0 Å². The van der Waals surface area contributed by atoms with Crippen LogP contribution in [0.4, 0.5) is 0 Å². The molecule has 0 spiro atoms. The number of hydrogen-bond donors (Lipinski definition) is 1. The Morgan fingerprint density at radius 2 is 1.72 bits per heavy atom. The number of piperidine rings is 1. The van der Waals surface area contributed by atoms with Crippen molar-refractivity contribution in [3.05, 3.63) is 35.9 Å². The molecule has 1 saturated carbocycles. The minimum absolute atomic E-state index is 0.0201. The van der Waals surface area contributed by atoms with Crippen LogP contribution in [0.3, 0.4) is 0 Å². The van der Waals surface area contributed by atoms with Gasteiger partial charge < -0.3 is 10.6 Å². The molecule has 1 aliphatic carbocycles. The molecule has 3 unspecified atom stereocenters. The van der Waals surface area contributed by atoms with Gasteiger partial charge in [-0.1, -0.05) is 43.2 Å². The van der Waals surface area contributed by atoms with Gasteiger partial charge in [0, 0.05) is 37.8 Å². The van der Waals surface area contributed by atoms with Crippen LogP contribution in [0.15, 0.2) is 30.3 Å². The van der Waals surface area contributed by atoms with Crippen LogP contribution in [0.25, 0.3) is 0 Å². The lowest BCUT2D eigenvalue weighted by Crippen LogP contribution is -2.49. The van der Waals surface area contributed by atoms with E-state index >= 15 is 0 Å². The van der Waals surface area contributed by atoms with Gasteiger partial charge in [-0.25, -0.2) is 0 Å². The van der Waals surface area contributed by atoms with Crippen molar-refractivity contribution in [1.82, 2.24) is 4.90 Å². The van der Waals surface area contributed by atoms with E-state index in [0.717, 1.165) is 24.9 Å². The fraction of sp³-hybridized carbons (Fsp3) is 0.625. The quantitative estimate of drug-likeness (QED) is 0.689. The van der Waals surface area contributed by atoms with E-state index in [-0.39, 0.29) is 18.1 Å². The predicted octanol–water partition coefficient (Wildman–Crippen LogP) is 3.64. The molecule has 0 bridgehead atoms. The highest BCUT2D eigenvalue weighted by Crippen LogP contribution is 2.35. The van der Waals surface area contributed by atoms with E-state index in [0.29, 0.717) is 37.6 Å². The van der Waals surface area contributed by atoms with Gasteiger partial charge in [-0.05, 0) is 50.0 Å². The molecule has 2 N–H and O–H groups in total. The highest BCUT2D eigenvalue weighted by Gasteiger charge is 2.35. The Morgan fingerprint density at radius 1 is 1.00 bits per heavy atom. The summed E-state index contributed by atoms with van der Waals surface area (Å²) in [5.41, 5.74) is 6.52. The number of likely N-dealkylation sites (tertiary alicyclic amines) is 1. The zero-order chi connectivity index (χ0) is 20.6. The maximum atomic E-state index is 12.7. The van der Waals surface area contributed by atoms with Crippen LogP contribution in [-0.2, 0) is 20.8 Å². The number of fused-ring (bicyclic) bond motifs is 1. The highest BCUT2D eigenvalue weighted by molar-refractivity contribution is 5.86. The van der Waals surface area contributed by atoms with Crippen molar-refractivity contribution in [2.75, 3.05) is 6.54 Å². The van der Waals surface area contributed by atoms with Crippen LogP contribution >= 0.6 is 0 Å². The Kier molecular flexibility index (Phi) is 7.84. The van der Waals surface area contributed by atoms with E-state index in [4.69, 9.17) is 5.73 Å². The topological polar surface area (TPSA) is 80.5 Å². The average Bonchev–Trinajstić information content (AvgIpc) is 2.73. The molecule has 29 heavy (non-hydrogen) atoms. The monoisotopic (exact) mass is 398 g/mol. The first-order valence-corrected chi connectivity index (χ1v) is 11.2. The summed E-state index contributed by atoms with van der Waals surface area (Å²) in [5, 5.41) is 0. The molecule has 1 aromatic carbocycles. The van der Waals surface area contributed by atoms with E-state index in [1.165, 1.54) is 25.7 Å². The summed E-state index contributed by atoms with van der Waals surface area (Å²) < 4.78 is 0. The Labute approximate surface area is 174 Å². The van der Waals surface area contributed by atoms with E-state index in [1.807, 2.05) is 30.3 Å². The SMILES string of the molecule is NC(=O)C(CC(=O)CCCC(=O)N1CCCC2CCCCC21)Cc1ccccc1. The van der Waals surface area contributed by atoms with Crippen molar-refractivity contribution in [1.29, 1.82) is 0 Å². The summed E-state index contributed by atoms with van der Waals surface area (Å²) in [6, 6.07) is 10.1. The molecule has 5 heteroatoms. The minimum atomic E-state index is -0.481. The van der Waals surface area contributed by atoms with Crippen LogP contribution in [0.5, 0.6) is 0 Å². The van der Waals surface area contributed by atoms with Crippen molar-refractivity contribution < 1.29 is 14.4 Å². The summed E-state index contributed by atoms with van der Waals surface area (Å²) >= 11 is 0. The lowest BCUT2D eigenvalue weighted by Gasteiger charge is -2.44.